The highest BCUT2D eigenvalue weighted by Crippen LogP contribution is 2.36. The van der Waals surface area contributed by atoms with Crippen molar-refractivity contribution in [1.29, 1.82) is 10.5 Å². The lowest BCUT2D eigenvalue weighted by Gasteiger charge is -2.11. The van der Waals surface area contributed by atoms with Gasteiger partial charge in [-0.15, -0.1) is 0 Å². The second kappa shape index (κ2) is 16.8. The number of aromatic nitrogens is 8. The number of hydrogen-bond donors (Lipinski definition) is 0. The van der Waals surface area contributed by atoms with Crippen molar-refractivity contribution in [2.45, 2.75) is 83.5 Å². The Bertz CT molecular complexity index is 3100. The Morgan fingerprint density at radius 2 is 1.07 bits per heavy atom. The number of pyridine rings is 2. The molecule has 1 aliphatic rings. The summed E-state index contributed by atoms with van der Waals surface area (Å²) in [6.45, 7) is 0.364. The molecule has 0 N–H and O–H groups in total. The predicted octanol–water partition coefficient (Wildman–Crippen LogP) is 9.21. The number of fused-ring (bicyclic) bond motifs is 4. The van der Waals surface area contributed by atoms with Crippen molar-refractivity contribution in [3.63, 3.8) is 0 Å². The number of unbranched alkanes of at least 4 members (excludes halogenated alkanes) is 2. The van der Waals surface area contributed by atoms with Gasteiger partial charge in [0.25, 0.3) is 0 Å². The summed E-state index contributed by atoms with van der Waals surface area (Å²) in [4.78, 5) is 34.9. The molecule has 0 spiro atoms. The van der Waals surface area contributed by atoms with Crippen molar-refractivity contribution in [1.82, 2.24) is 37.4 Å². The van der Waals surface area contributed by atoms with Gasteiger partial charge in [0.05, 0.1) is 69.4 Å². The van der Waals surface area contributed by atoms with Crippen molar-refractivity contribution in [2.24, 2.45) is 0 Å². The minimum atomic E-state index is -4.52. The molecule has 2 aromatic carbocycles. The van der Waals surface area contributed by atoms with Crippen LogP contribution in [0.5, 0.6) is 0 Å². The van der Waals surface area contributed by atoms with E-state index >= 15 is 0 Å². The van der Waals surface area contributed by atoms with Crippen LogP contribution in [-0.4, -0.2) is 43.5 Å². The van der Waals surface area contributed by atoms with Gasteiger partial charge in [-0.1, -0.05) is 47.5 Å². The molecule has 0 aliphatic heterocycles. The first-order valence-electron chi connectivity index (χ1n) is 19.4. The quantitative estimate of drug-likeness (QED) is 0.0888. The third-order valence-corrected chi connectivity index (χ3v) is 11.1. The zero-order valence-electron chi connectivity index (χ0n) is 32.1. The first kappa shape index (κ1) is 40.5. The molecule has 1 fully saturated rings. The van der Waals surface area contributed by atoms with Crippen LogP contribution in [-0.2, 0) is 32.7 Å². The normalized spacial score (nSPS) is 12.9. The van der Waals surface area contributed by atoms with Crippen molar-refractivity contribution in [3.05, 3.63) is 128 Å². The number of nitriles is 2. The average molecular weight is 854 g/mol. The molecule has 0 radical (unpaired) electrons. The van der Waals surface area contributed by atoms with Crippen molar-refractivity contribution >= 4 is 67.3 Å². The molecular weight excluding hydrogens is 816 g/mol. The first-order chi connectivity index (χ1) is 29.0. The van der Waals surface area contributed by atoms with Gasteiger partial charge in [0, 0.05) is 43.4 Å². The number of imidazole rings is 2. The van der Waals surface area contributed by atoms with E-state index in [1.807, 2.05) is 50.1 Å². The van der Waals surface area contributed by atoms with E-state index < -0.39 is 18.4 Å². The van der Waals surface area contributed by atoms with Gasteiger partial charge >= 0.3 is 17.6 Å². The zero-order chi connectivity index (χ0) is 42.1. The largest absolute Gasteiger partial charge is 0.406 e. The molecule has 60 heavy (non-hydrogen) atoms. The van der Waals surface area contributed by atoms with Crippen LogP contribution in [0, 0.1) is 22.7 Å². The molecule has 6 aromatic heterocycles. The van der Waals surface area contributed by atoms with Crippen LogP contribution in [0.15, 0.2) is 94.5 Å². The lowest BCUT2D eigenvalue weighted by Crippen LogP contribution is -2.30. The minimum absolute atomic E-state index is 0.0357. The van der Waals surface area contributed by atoms with Crippen LogP contribution in [0.2, 0.25) is 10.3 Å². The van der Waals surface area contributed by atoms with Gasteiger partial charge in [0.2, 0.25) is 0 Å². The second-order valence-corrected chi connectivity index (χ2v) is 15.5. The molecule has 8 aromatic rings. The summed E-state index contributed by atoms with van der Waals surface area (Å²) in [7, 11) is 0. The Morgan fingerprint density at radius 1 is 0.617 bits per heavy atom. The maximum absolute atomic E-state index is 13.3. The van der Waals surface area contributed by atoms with E-state index in [0.29, 0.717) is 72.0 Å². The smallest absolute Gasteiger partial charge is 0.341 e. The van der Waals surface area contributed by atoms with Crippen molar-refractivity contribution in [3.8, 4) is 12.1 Å². The monoisotopic (exact) mass is 852 g/mol. The zero-order valence-corrected chi connectivity index (χ0v) is 33.6. The van der Waals surface area contributed by atoms with E-state index in [9.17, 15) is 22.8 Å². The number of halogens is 5. The highest BCUT2D eigenvalue weighted by molar-refractivity contribution is 6.30. The fourth-order valence-corrected chi connectivity index (χ4v) is 8.22. The fourth-order valence-electron chi connectivity index (χ4n) is 7.91. The molecule has 1 saturated carbocycles. The third kappa shape index (κ3) is 8.15. The molecule has 17 heteroatoms. The topological polar surface area (TPSA) is 137 Å². The highest BCUT2D eigenvalue weighted by atomic mass is 35.5. The summed E-state index contributed by atoms with van der Waals surface area (Å²) >= 11 is 12.1. The highest BCUT2D eigenvalue weighted by Gasteiger charge is 2.31. The Morgan fingerprint density at radius 3 is 1.53 bits per heavy atom. The number of benzene rings is 2. The third-order valence-electron chi connectivity index (χ3n) is 10.6. The average Bonchev–Trinajstić information content (AvgIpc) is 3.76. The van der Waals surface area contributed by atoms with Crippen LogP contribution in [0.4, 0.5) is 13.2 Å². The summed E-state index contributed by atoms with van der Waals surface area (Å²) in [6.07, 6.45) is -0.234. The Hall–Kier alpha value is -6.29. The Kier molecular flexibility index (Phi) is 11.3. The molecule has 0 unspecified atom stereocenters. The van der Waals surface area contributed by atoms with Gasteiger partial charge in [0.15, 0.2) is 0 Å². The molecule has 0 bridgehead atoms. The maximum Gasteiger partial charge on any atom is 0.406 e. The fraction of sp³-hybridized carbons (Fsp3) is 0.302. The molecule has 0 amide bonds. The molecule has 1 aliphatic carbocycles. The van der Waals surface area contributed by atoms with Crippen LogP contribution >= 0.6 is 23.2 Å². The summed E-state index contributed by atoms with van der Waals surface area (Å²) in [6, 6.07) is 30.0. The van der Waals surface area contributed by atoms with E-state index in [1.54, 1.807) is 42.5 Å². The molecule has 0 atom stereocenters. The summed E-state index contributed by atoms with van der Waals surface area (Å²) in [5.74, 6) is 0. The standard InChI is InChI=1S/C22H20ClN5O.C21H17ClF3N5O/c23-21-10-9-18-17(25-21)13-16(26(18)12-4-3-11-24)14-27-19-5-1-2-6-20(19)28(22(27)29)15-7-8-15;22-19-8-7-16-15(27-19)11-14(28(16)10-4-3-9-26)12-29-17-5-1-2-6-18(17)30(20(29)31)13-21(23,24)25/h1-2,5-6,9-10,13,15H,3-4,7-8,12,14H2;1-2,5-8,11H,3-4,10,12-13H2. The van der Waals surface area contributed by atoms with Gasteiger partial charge in [-0.05, 0) is 86.3 Å². The Labute approximate surface area is 350 Å². The molecule has 0 saturated heterocycles. The Balaban J connectivity index is 0.000000167. The SMILES string of the molecule is N#CCCCn1c(Cn2c(=O)n(C3CC3)c3ccccc32)cc2nc(Cl)ccc21.N#CCCCn1c(Cn2c(=O)n(CC(F)(F)F)c3ccccc32)cc2nc(Cl)ccc21. The molecule has 12 nitrogen and oxygen atoms in total. The molecule has 6 heterocycles. The number of nitrogens with zero attached hydrogens (tertiary/aromatic N) is 10. The van der Waals surface area contributed by atoms with Crippen molar-refractivity contribution < 1.29 is 13.2 Å². The summed E-state index contributed by atoms with van der Waals surface area (Å²) in [5.41, 5.74) is 6.74. The number of hydrogen-bond acceptors (Lipinski definition) is 6. The molecule has 9 rings (SSSR count). The van der Waals surface area contributed by atoms with Gasteiger partial charge in [0.1, 0.15) is 16.9 Å². The van der Waals surface area contributed by atoms with Gasteiger partial charge in [-0.3, -0.25) is 18.3 Å². The van der Waals surface area contributed by atoms with E-state index in [1.165, 1.54) is 10.6 Å². The van der Waals surface area contributed by atoms with E-state index in [2.05, 4.69) is 26.7 Å². The molecule has 306 valence electrons. The van der Waals surface area contributed by atoms with Gasteiger partial charge < -0.3 is 9.13 Å². The van der Waals surface area contributed by atoms with E-state index in [4.69, 9.17) is 33.7 Å². The van der Waals surface area contributed by atoms with Crippen LogP contribution in [0.3, 0.4) is 0 Å². The van der Waals surface area contributed by atoms with Gasteiger partial charge in [-0.2, -0.15) is 23.7 Å². The van der Waals surface area contributed by atoms with E-state index in [0.717, 1.165) is 57.1 Å². The van der Waals surface area contributed by atoms with Crippen LogP contribution in [0.25, 0.3) is 44.1 Å². The number of alkyl halides is 3. The summed E-state index contributed by atoms with van der Waals surface area (Å²) in [5, 5.41) is 18.6. The number of para-hydroxylation sites is 4. The number of aryl methyl sites for hydroxylation is 2. The lowest BCUT2D eigenvalue weighted by molar-refractivity contribution is -0.140. The van der Waals surface area contributed by atoms with E-state index in [-0.39, 0.29) is 17.8 Å². The summed E-state index contributed by atoms with van der Waals surface area (Å²) < 4.78 is 49.2. The number of rotatable bonds is 12. The second-order valence-electron chi connectivity index (χ2n) is 14.7. The predicted molar refractivity (Wildman–Crippen MR) is 224 cm³/mol. The first-order valence-corrected chi connectivity index (χ1v) is 20.2. The minimum Gasteiger partial charge on any atom is -0.341 e. The maximum atomic E-state index is 13.3. The lowest BCUT2D eigenvalue weighted by atomic mass is 10.3. The van der Waals surface area contributed by atoms with Gasteiger partial charge in [-0.25, -0.2) is 19.6 Å². The van der Waals surface area contributed by atoms with Crippen molar-refractivity contribution in [2.75, 3.05) is 0 Å². The molecular formula is C43H37Cl2F3N10O2. The van der Waals surface area contributed by atoms with Crippen LogP contribution in [0.1, 0.15) is 56.0 Å². The van der Waals surface area contributed by atoms with Crippen LogP contribution < -0.4 is 11.4 Å².